The SMILES string of the molecule is CC(=O)Nc1cccc(C(=O)O)c1NC(C)=O.CC1CNCCc2ccc(Cl)cc21. The van der Waals surface area contributed by atoms with Crippen LogP contribution in [0.4, 0.5) is 11.4 Å². The molecule has 0 radical (unpaired) electrons. The van der Waals surface area contributed by atoms with E-state index in [9.17, 15) is 14.4 Å². The number of carbonyl (C=O) groups excluding carboxylic acids is 2. The second-order valence-corrected chi connectivity index (χ2v) is 7.53. The van der Waals surface area contributed by atoms with E-state index in [0.29, 0.717) is 5.92 Å². The highest BCUT2D eigenvalue weighted by atomic mass is 35.5. The van der Waals surface area contributed by atoms with Crippen molar-refractivity contribution in [2.75, 3.05) is 23.7 Å². The van der Waals surface area contributed by atoms with Crippen LogP contribution in [0.25, 0.3) is 0 Å². The van der Waals surface area contributed by atoms with Crippen LogP contribution in [0, 0.1) is 0 Å². The van der Waals surface area contributed by atoms with Gasteiger partial charge in [-0.05, 0) is 54.3 Å². The van der Waals surface area contributed by atoms with Gasteiger partial charge in [-0.3, -0.25) is 9.59 Å². The summed E-state index contributed by atoms with van der Waals surface area (Å²) in [6.45, 7) is 6.95. The van der Waals surface area contributed by atoms with Gasteiger partial charge in [-0.15, -0.1) is 0 Å². The second-order valence-electron chi connectivity index (χ2n) is 7.09. The number of hydrogen-bond acceptors (Lipinski definition) is 4. The van der Waals surface area contributed by atoms with Gasteiger partial charge in [0.25, 0.3) is 0 Å². The molecule has 2 aromatic rings. The first-order valence-electron chi connectivity index (χ1n) is 9.59. The Balaban J connectivity index is 0.000000220. The molecule has 2 amide bonds. The quantitative estimate of drug-likeness (QED) is 0.589. The van der Waals surface area contributed by atoms with E-state index >= 15 is 0 Å². The van der Waals surface area contributed by atoms with Crippen LogP contribution in [0.1, 0.15) is 48.2 Å². The van der Waals surface area contributed by atoms with E-state index in [1.54, 1.807) is 0 Å². The smallest absolute Gasteiger partial charge is 0.337 e. The number of fused-ring (bicyclic) bond motifs is 1. The van der Waals surface area contributed by atoms with E-state index in [4.69, 9.17) is 16.7 Å². The number of amides is 2. The first-order valence-corrected chi connectivity index (χ1v) is 9.97. The molecule has 1 aliphatic heterocycles. The molecule has 2 aromatic carbocycles. The van der Waals surface area contributed by atoms with Gasteiger partial charge in [0.05, 0.1) is 16.9 Å². The van der Waals surface area contributed by atoms with Gasteiger partial charge in [-0.2, -0.15) is 0 Å². The number of carboxylic acid groups (broad SMARTS) is 1. The van der Waals surface area contributed by atoms with Crippen molar-refractivity contribution in [3.05, 3.63) is 58.1 Å². The van der Waals surface area contributed by atoms with Crippen molar-refractivity contribution < 1.29 is 19.5 Å². The molecule has 0 aliphatic carbocycles. The number of carboxylic acids is 1. The van der Waals surface area contributed by atoms with Crippen LogP contribution in [0.2, 0.25) is 5.02 Å². The Hall–Kier alpha value is -2.90. The van der Waals surface area contributed by atoms with Crippen LogP contribution in [0.5, 0.6) is 0 Å². The number of benzene rings is 2. The van der Waals surface area contributed by atoms with Crippen LogP contribution in [0.15, 0.2) is 36.4 Å². The summed E-state index contributed by atoms with van der Waals surface area (Å²) in [5.74, 6) is -1.36. The van der Waals surface area contributed by atoms with Crippen LogP contribution >= 0.6 is 11.6 Å². The minimum Gasteiger partial charge on any atom is -0.478 e. The summed E-state index contributed by atoms with van der Waals surface area (Å²) in [4.78, 5) is 32.9. The number of nitrogens with one attached hydrogen (secondary N) is 3. The summed E-state index contributed by atoms with van der Waals surface area (Å²) >= 11 is 5.97. The zero-order chi connectivity index (χ0) is 22.3. The zero-order valence-corrected chi connectivity index (χ0v) is 18.0. The molecule has 0 bridgehead atoms. The second kappa shape index (κ2) is 10.8. The Morgan fingerprint density at radius 2 is 1.80 bits per heavy atom. The molecule has 0 saturated heterocycles. The van der Waals surface area contributed by atoms with Gasteiger partial charge in [0.1, 0.15) is 0 Å². The molecule has 1 heterocycles. The van der Waals surface area contributed by atoms with E-state index in [0.717, 1.165) is 24.5 Å². The molecule has 8 heteroatoms. The standard InChI is InChI=1S/C11H14ClN.C11H12N2O4/c1-8-7-13-5-4-9-2-3-10(12)6-11(8)9;1-6(14)12-9-5-3-4-8(11(16)17)10(9)13-7(2)15/h2-3,6,8,13H,4-5,7H2,1H3;3-5H,1-2H3,(H,12,14)(H,13,15)(H,16,17). The molecule has 1 unspecified atom stereocenters. The number of para-hydroxylation sites is 1. The normalized spacial score (nSPS) is 15.0. The molecular formula is C22H26ClN3O4. The Kier molecular flexibility index (Phi) is 8.38. The lowest BCUT2D eigenvalue weighted by molar-refractivity contribution is -0.115. The Morgan fingerprint density at radius 1 is 1.10 bits per heavy atom. The number of aromatic carboxylic acids is 1. The van der Waals surface area contributed by atoms with E-state index < -0.39 is 11.9 Å². The minimum absolute atomic E-state index is 0.0774. The van der Waals surface area contributed by atoms with Crippen molar-refractivity contribution in [3.8, 4) is 0 Å². The van der Waals surface area contributed by atoms with Crippen LogP contribution in [0.3, 0.4) is 0 Å². The van der Waals surface area contributed by atoms with E-state index in [-0.39, 0.29) is 22.8 Å². The molecule has 3 rings (SSSR count). The monoisotopic (exact) mass is 431 g/mol. The van der Waals surface area contributed by atoms with Gasteiger partial charge in [0.15, 0.2) is 0 Å². The summed E-state index contributed by atoms with van der Waals surface area (Å²) in [5.41, 5.74) is 3.13. The summed E-state index contributed by atoms with van der Waals surface area (Å²) in [5, 5.41) is 18.1. The predicted molar refractivity (Wildman–Crippen MR) is 118 cm³/mol. The Bertz CT molecular complexity index is 946. The van der Waals surface area contributed by atoms with Crippen molar-refractivity contribution in [1.82, 2.24) is 5.32 Å². The van der Waals surface area contributed by atoms with Gasteiger partial charge in [0, 0.05) is 25.4 Å². The number of halogens is 1. The lowest BCUT2D eigenvalue weighted by Crippen LogP contribution is -2.18. The molecule has 30 heavy (non-hydrogen) atoms. The van der Waals surface area contributed by atoms with Gasteiger partial charge in [0.2, 0.25) is 11.8 Å². The highest BCUT2D eigenvalue weighted by molar-refractivity contribution is 6.30. The van der Waals surface area contributed by atoms with Crippen molar-refractivity contribution in [2.24, 2.45) is 0 Å². The van der Waals surface area contributed by atoms with E-state index in [1.807, 2.05) is 6.07 Å². The molecule has 0 spiro atoms. The minimum atomic E-state index is -1.18. The first kappa shape index (κ1) is 23.4. The fourth-order valence-corrected chi connectivity index (χ4v) is 3.42. The average molecular weight is 432 g/mol. The number of rotatable bonds is 3. The highest BCUT2D eigenvalue weighted by Gasteiger charge is 2.16. The lowest BCUT2D eigenvalue weighted by atomic mass is 9.96. The first-order chi connectivity index (χ1) is 14.2. The molecule has 7 nitrogen and oxygen atoms in total. The average Bonchev–Trinajstić information content (AvgIpc) is 2.84. The largest absolute Gasteiger partial charge is 0.478 e. The third kappa shape index (κ3) is 6.57. The molecular weight excluding hydrogens is 406 g/mol. The molecule has 0 saturated carbocycles. The van der Waals surface area contributed by atoms with Crippen molar-refractivity contribution in [2.45, 2.75) is 33.1 Å². The van der Waals surface area contributed by atoms with E-state index in [2.05, 4.69) is 35.0 Å². The summed E-state index contributed by atoms with van der Waals surface area (Å²) in [6, 6.07) is 10.6. The summed E-state index contributed by atoms with van der Waals surface area (Å²) in [7, 11) is 0. The maximum absolute atomic E-state index is 11.0. The van der Waals surface area contributed by atoms with Gasteiger partial charge < -0.3 is 21.1 Å². The van der Waals surface area contributed by atoms with E-state index in [1.165, 1.54) is 43.2 Å². The van der Waals surface area contributed by atoms with Gasteiger partial charge >= 0.3 is 5.97 Å². The van der Waals surface area contributed by atoms with Crippen molar-refractivity contribution >= 4 is 40.8 Å². The number of anilines is 2. The number of carbonyl (C=O) groups is 3. The predicted octanol–water partition coefficient (Wildman–Crippen LogP) is 3.89. The topological polar surface area (TPSA) is 108 Å². The van der Waals surface area contributed by atoms with Gasteiger partial charge in [-0.25, -0.2) is 4.79 Å². The maximum atomic E-state index is 11.0. The Morgan fingerprint density at radius 3 is 2.43 bits per heavy atom. The third-order valence-corrected chi connectivity index (χ3v) is 4.80. The fourth-order valence-electron chi connectivity index (χ4n) is 3.24. The molecule has 160 valence electrons. The van der Waals surface area contributed by atoms with Crippen LogP contribution in [-0.4, -0.2) is 36.0 Å². The summed E-state index contributed by atoms with van der Waals surface area (Å²) < 4.78 is 0. The molecule has 1 atom stereocenters. The number of hydrogen-bond donors (Lipinski definition) is 4. The molecule has 0 aromatic heterocycles. The molecule has 0 fully saturated rings. The summed E-state index contributed by atoms with van der Waals surface area (Å²) in [6.07, 6.45) is 1.12. The fraction of sp³-hybridized carbons (Fsp3) is 0.318. The molecule has 1 aliphatic rings. The Labute approximate surface area is 180 Å². The maximum Gasteiger partial charge on any atom is 0.337 e. The van der Waals surface area contributed by atoms with Crippen LogP contribution < -0.4 is 16.0 Å². The van der Waals surface area contributed by atoms with Crippen LogP contribution in [-0.2, 0) is 16.0 Å². The lowest BCUT2D eigenvalue weighted by Gasteiger charge is -2.12. The highest BCUT2D eigenvalue weighted by Crippen LogP contribution is 2.27. The van der Waals surface area contributed by atoms with Crippen molar-refractivity contribution in [1.29, 1.82) is 0 Å². The van der Waals surface area contributed by atoms with Crippen molar-refractivity contribution in [3.63, 3.8) is 0 Å². The third-order valence-electron chi connectivity index (χ3n) is 4.57. The van der Waals surface area contributed by atoms with Gasteiger partial charge in [-0.1, -0.05) is 30.7 Å². The zero-order valence-electron chi connectivity index (χ0n) is 17.2. The molecule has 4 N–H and O–H groups in total.